The molecule has 4 heterocycles. The van der Waals surface area contributed by atoms with Crippen LogP contribution in [0.1, 0.15) is 0 Å². The summed E-state index contributed by atoms with van der Waals surface area (Å²) >= 11 is 1.75. The maximum Gasteiger partial charge on any atom is 0.180 e. The minimum Gasteiger partial charge on any atom is -0.452 e. The van der Waals surface area contributed by atoms with E-state index in [4.69, 9.17) is 24.4 Å². The van der Waals surface area contributed by atoms with Crippen molar-refractivity contribution in [3.63, 3.8) is 0 Å². The highest BCUT2D eigenvalue weighted by atomic mass is 32.1. The number of fused-ring (bicyclic) bond motifs is 6. The molecule has 8 aromatic carbocycles. The number of hydrogen-bond donors (Lipinski definition) is 0. The highest BCUT2D eigenvalue weighted by molar-refractivity contribution is 7.26. The summed E-state index contributed by atoms with van der Waals surface area (Å²) in [7, 11) is 0. The summed E-state index contributed by atoms with van der Waals surface area (Å²) in [6.07, 6.45) is 0. The molecule has 0 amide bonds. The van der Waals surface area contributed by atoms with E-state index in [1.165, 1.54) is 4.70 Å². The Balaban J connectivity index is 0.904. The van der Waals surface area contributed by atoms with Gasteiger partial charge < -0.3 is 4.42 Å². The number of aromatic nitrogens is 4. The van der Waals surface area contributed by atoms with Crippen LogP contribution in [-0.2, 0) is 0 Å². The number of nitrogens with zero attached hydrogens (tertiary/aromatic N) is 4. The number of para-hydroxylation sites is 1. The highest BCUT2D eigenvalue weighted by Crippen LogP contribution is 2.41. The van der Waals surface area contributed by atoms with Crippen LogP contribution in [0, 0.1) is 0 Å². The standard InChI is InChI=1S/C56H34N4OS/c1-3-15-35(16-4-1)49-53-51(45-27-7-9-29-47(45)61-53)59-56(57-49)44-26-14-24-42(34-44)40-22-12-20-38(32-40)37-19-11-21-39(31-37)41-23-13-25-43(33-41)50-54-52(46-28-8-10-30-48(46)62-54)60-55(58-50)36-17-5-2-6-18-36/h1-34H. The molecule has 6 heteroatoms. The van der Waals surface area contributed by atoms with Crippen LogP contribution in [0.15, 0.2) is 211 Å². The van der Waals surface area contributed by atoms with Crippen molar-refractivity contribution in [1.29, 1.82) is 0 Å². The second-order valence-corrected chi connectivity index (χ2v) is 16.5. The Morgan fingerprint density at radius 1 is 0.323 bits per heavy atom. The maximum atomic E-state index is 6.36. The molecule has 4 aromatic heterocycles. The molecule has 290 valence electrons. The second-order valence-electron chi connectivity index (χ2n) is 15.4. The van der Waals surface area contributed by atoms with Crippen molar-refractivity contribution in [1.82, 2.24) is 19.9 Å². The van der Waals surface area contributed by atoms with Gasteiger partial charge >= 0.3 is 0 Å². The summed E-state index contributed by atoms with van der Waals surface area (Å²) in [4.78, 5) is 20.6. The summed E-state index contributed by atoms with van der Waals surface area (Å²) in [5.41, 5.74) is 15.7. The fourth-order valence-corrected chi connectivity index (χ4v) is 9.61. The monoisotopic (exact) mass is 810 g/mol. The largest absolute Gasteiger partial charge is 0.452 e. The van der Waals surface area contributed by atoms with Gasteiger partial charge in [-0.25, -0.2) is 19.9 Å². The first-order chi connectivity index (χ1) is 30.7. The third kappa shape index (κ3) is 6.33. The van der Waals surface area contributed by atoms with E-state index in [2.05, 4.69) is 152 Å². The van der Waals surface area contributed by atoms with Crippen molar-refractivity contribution >= 4 is 53.7 Å². The van der Waals surface area contributed by atoms with Gasteiger partial charge in [-0.05, 0) is 75.8 Å². The Bertz CT molecular complexity index is 3650. The molecule has 0 aliphatic carbocycles. The van der Waals surface area contributed by atoms with E-state index in [1.54, 1.807) is 11.3 Å². The molecule has 0 saturated heterocycles. The Hall–Kier alpha value is -8.06. The number of thiophene rings is 1. The predicted octanol–water partition coefficient (Wildman–Crippen LogP) is 15.2. The molecule has 12 aromatic rings. The Morgan fingerprint density at radius 2 is 0.774 bits per heavy atom. The van der Waals surface area contributed by atoms with E-state index in [0.29, 0.717) is 11.4 Å². The minimum absolute atomic E-state index is 0.655. The van der Waals surface area contributed by atoms with Gasteiger partial charge in [0.25, 0.3) is 0 Å². The third-order valence-corrected chi connectivity index (χ3v) is 12.7. The molecule has 0 saturated carbocycles. The van der Waals surface area contributed by atoms with E-state index < -0.39 is 0 Å². The van der Waals surface area contributed by atoms with E-state index in [9.17, 15) is 0 Å². The van der Waals surface area contributed by atoms with Crippen molar-refractivity contribution in [2.24, 2.45) is 0 Å². The molecule has 0 fully saturated rings. The van der Waals surface area contributed by atoms with E-state index in [1.807, 2.05) is 54.6 Å². The molecule has 0 aliphatic rings. The zero-order valence-electron chi connectivity index (χ0n) is 33.2. The lowest BCUT2D eigenvalue weighted by Gasteiger charge is -2.11. The summed E-state index contributed by atoms with van der Waals surface area (Å²) in [5.74, 6) is 1.38. The molecule has 0 bridgehead atoms. The molecule has 0 spiro atoms. The quantitative estimate of drug-likeness (QED) is 0.160. The van der Waals surface area contributed by atoms with Crippen molar-refractivity contribution < 1.29 is 4.42 Å². The summed E-state index contributed by atoms with van der Waals surface area (Å²) in [5, 5.41) is 2.13. The number of rotatable bonds is 7. The molecular formula is C56H34N4OS. The molecule has 0 aliphatic heterocycles. The van der Waals surface area contributed by atoms with Crippen LogP contribution in [0.5, 0.6) is 0 Å². The fourth-order valence-electron chi connectivity index (χ4n) is 8.46. The van der Waals surface area contributed by atoms with Crippen molar-refractivity contribution in [2.45, 2.75) is 0 Å². The molecule has 0 unspecified atom stereocenters. The van der Waals surface area contributed by atoms with Crippen LogP contribution >= 0.6 is 11.3 Å². The lowest BCUT2D eigenvalue weighted by atomic mass is 9.95. The van der Waals surface area contributed by atoms with Gasteiger partial charge in [-0.15, -0.1) is 11.3 Å². The SMILES string of the molecule is c1ccc(-c2nc(-c3cccc(-c4cccc(-c5cccc(-c6cccc(-c7nc(-c8ccccc8)c8oc9ccccc9c8n7)c6)c5)c4)c3)c3sc4ccccc4c3n2)cc1. The average molecular weight is 811 g/mol. The zero-order valence-corrected chi connectivity index (χ0v) is 34.1. The van der Waals surface area contributed by atoms with Crippen LogP contribution in [0.2, 0.25) is 0 Å². The topological polar surface area (TPSA) is 64.7 Å². The van der Waals surface area contributed by atoms with E-state index in [-0.39, 0.29) is 0 Å². The average Bonchev–Trinajstić information content (AvgIpc) is 3.93. The minimum atomic E-state index is 0.655. The van der Waals surface area contributed by atoms with Crippen LogP contribution in [0.3, 0.4) is 0 Å². The predicted molar refractivity (Wildman–Crippen MR) is 256 cm³/mol. The molecule has 0 N–H and O–H groups in total. The van der Waals surface area contributed by atoms with Gasteiger partial charge in [0, 0.05) is 37.7 Å². The highest BCUT2D eigenvalue weighted by Gasteiger charge is 2.20. The normalized spacial score (nSPS) is 11.5. The van der Waals surface area contributed by atoms with Crippen molar-refractivity contribution in [2.75, 3.05) is 0 Å². The smallest absolute Gasteiger partial charge is 0.180 e. The van der Waals surface area contributed by atoms with Gasteiger partial charge in [0.1, 0.15) is 16.8 Å². The lowest BCUT2D eigenvalue weighted by molar-refractivity contribution is 0.667. The summed E-state index contributed by atoms with van der Waals surface area (Å²) in [6, 6.07) is 71.8. The first kappa shape index (κ1) is 35.8. The summed E-state index contributed by atoms with van der Waals surface area (Å²) < 4.78 is 8.65. The van der Waals surface area contributed by atoms with Gasteiger partial charge in [0.15, 0.2) is 17.2 Å². The van der Waals surface area contributed by atoms with Gasteiger partial charge in [0.05, 0.1) is 15.9 Å². The molecular weight excluding hydrogens is 777 g/mol. The molecule has 5 nitrogen and oxygen atoms in total. The van der Waals surface area contributed by atoms with Gasteiger partial charge in [-0.2, -0.15) is 0 Å². The molecule has 0 radical (unpaired) electrons. The number of hydrogen-bond acceptors (Lipinski definition) is 6. The third-order valence-electron chi connectivity index (χ3n) is 11.5. The van der Waals surface area contributed by atoms with E-state index >= 15 is 0 Å². The summed E-state index contributed by atoms with van der Waals surface area (Å²) in [6.45, 7) is 0. The fraction of sp³-hybridized carbons (Fsp3) is 0. The Morgan fingerprint density at radius 3 is 1.44 bits per heavy atom. The Kier molecular flexibility index (Phi) is 8.61. The van der Waals surface area contributed by atoms with Crippen LogP contribution < -0.4 is 0 Å². The van der Waals surface area contributed by atoms with Crippen LogP contribution in [0.25, 0.3) is 121 Å². The maximum absolute atomic E-state index is 6.36. The van der Waals surface area contributed by atoms with Crippen LogP contribution in [0.4, 0.5) is 0 Å². The number of furan rings is 1. The van der Waals surface area contributed by atoms with Gasteiger partial charge in [-0.1, -0.05) is 164 Å². The lowest BCUT2D eigenvalue weighted by Crippen LogP contribution is -1.94. The molecule has 62 heavy (non-hydrogen) atoms. The Labute approximate surface area is 361 Å². The van der Waals surface area contributed by atoms with Crippen LogP contribution in [-0.4, -0.2) is 19.9 Å². The second kappa shape index (κ2) is 14.9. The van der Waals surface area contributed by atoms with Crippen molar-refractivity contribution in [3.8, 4) is 78.7 Å². The van der Waals surface area contributed by atoms with Crippen molar-refractivity contribution in [3.05, 3.63) is 206 Å². The number of benzene rings is 8. The van der Waals surface area contributed by atoms with Gasteiger partial charge in [-0.3, -0.25) is 0 Å². The molecule has 12 rings (SSSR count). The molecule has 0 atom stereocenters. The first-order valence-electron chi connectivity index (χ1n) is 20.6. The van der Waals surface area contributed by atoms with Gasteiger partial charge in [0.2, 0.25) is 0 Å². The van der Waals surface area contributed by atoms with E-state index in [0.717, 1.165) is 105 Å². The first-order valence-corrected chi connectivity index (χ1v) is 21.4. The zero-order chi connectivity index (χ0) is 41.0.